The number of rotatable bonds is 10. The first kappa shape index (κ1) is 18.5. The zero-order valence-electron chi connectivity index (χ0n) is 13.9. The third-order valence-electron chi connectivity index (χ3n) is 3.15. The number of methoxy groups -OCH3 is 1. The number of anilines is 1. The van der Waals surface area contributed by atoms with Crippen LogP contribution in [0.25, 0.3) is 0 Å². The maximum atomic E-state index is 11.9. The number of hydrogen-bond donors (Lipinski definition) is 2. The number of carbonyl (C=O) groups is 1. The van der Waals surface area contributed by atoms with Crippen molar-refractivity contribution in [3.05, 3.63) is 29.8 Å². The second kappa shape index (κ2) is 10.1. The van der Waals surface area contributed by atoms with Crippen LogP contribution in [0.1, 0.15) is 18.9 Å². The summed E-state index contributed by atoms with van der Waals surface area (Å²) in [6.07, 6.45) is 1.84. The molecular weight excluding hydrogens is 344 g/mol. The van der Waals surface area contributed by atoms with Crippen molar-refractivity contribution >= 4 is 34.1 Å². The van der Waals surface area contributed by atoms with Crippen LogP contribution in [-0.2, 0) is 11.2 Å². The van der Waals surface area contributed by atoms with Crippen molar-refractivity contribution in [2.45, 2.75) is 24.1 Å². The minimum atomic E-state index is 0.00628. The number of benzene rings is 1. The van der Waals surface area contributed by atoms with Gasteiger partial charge in [-0.2, -0.15) is 0 Å². The fourth-order valence-corrected chi connectivity index (χ4v) is 3.50. The minimum absolute atomic E-state index is 0.00628. The van der Waals surface area contributed by atoms with E-state index in [1.807, 2.05) is 24.3 Å². The van der Waals surface area contributed by atoms with E-state index in [1.165, 1.54) is 28.7 Å². The Morgan fingerprint density at radius 1 is 1.25 bits per heavy atom. The third-order valence-corrected chi connectivity index (χ3v) is 5.17. The number of nitrogens with zero attached hydrogens (tertiary/aromatic N) is 2. The van der Waals surface area contributed by atoms with Crippen molar-refractivity contribution in [1.82, 2.24) is 15.5 Å². The van der Waals surface area contributed by atoms with Gasteiger partial charge in [-0.25, -0.2) is 0 Å². The molecule has 0 aliphatic rings. The molecule has 2 rings (SSSR count). The molecule has 0 atom stereocenters. The van der Waals surface area contributed by atoms with Crippen LogP contribution in [0.5, 0.6) is 5.75 Å². The van der Waals surface area contributed by atoms with Crippen LogP contribution in [-0.4, -0.2) is 42.1 Å². The van der Waals surface area contributed by atoms with Gasteiger partial charge in [0.05, 0.1) is 12.9 Å². The van der Waals surface area contributed by atoms with E-state index in [9.17, 15) is 4.79 Å². The molecule has 0 spiro atoms. The van der Waals surface area contributed by atoms with Gasteiger partial charge in [0.1, 0.15) is 5.75 Å². The standard InChI is InChI=1S/C16H22N4O2S2/c1-3-9-18-15-19-20-16(24-15)23-11-14(21)17-10-8-12-4-6-13(22-2)7-5-12/h4-7H,3,8-11H2,1-2H3,(H,17,21)(H,18,19). The molecule has 1 heterocycles. The lowest BCUT2D eigenvalue weighted by molar-refractivity contribution is -0.118. The van der Waals surface area contributed by atoms with E-state index >= 15 is 0 Å². The van der Waals surface area contributed by atoms with E-state index < -0.39 is 0 Å². The maximum absolute atomic E-state index is 11.9. The monoisotopic (exact) mass is 366 g/mol. The largest absolute Gasteiger partial charge is 0.497 e. The van der Waals surface area contributed by atoms with Crippen molar-refractivity contribution in [3.63, 3.8) is 0 Å². The zero-order chi connectivity index (χ0) is 17.2. The van der Waals surface area contributed by atoms with E-state index in [4.69, 9.17) is 4.74 Å². The number of amides is 1. The van der Waals surface area contributed by atoms with Gasteiger partial charge in [0.25, 0.3) is 0 Å². The molecule has 0 saturated carbocycles. The third kappa shape index (κ3) is 6.37. The quantitative estimate of drug-likeness (QED) is 0.630. The summed E-state index contributed by atoms with van der Waals surface area (Å²) < 4.78 is 5.93. The summed E-state index contributed by atoms with van der Waals surface area (Å²) >= 11 is 2.89. The maximum Gasteiger partial charge on any atom is 0.230 e. The van der Waals surface area contributed by atoms with Gasteiger partial charge in [0.15, 0.2) is 4.34 Å². The van der Waals surface area contributed by atoms with E-state index in [-0.39, 0.29) is 5.91 Å². The Hall–Kier alpha value is -1.80. The van der Waals surface area contributed by atoms with Crippen molar-refractivity contribution in [2.24, 2.45) is 0 Å². The van der Waals surface area contributed by atoms with Gasteiger partial charge < -0.3 is 15.4 Å². The molecule has 130 valence electrons. The highest BCUT2D eigenvalue weighted by Gasteiger charge is 2.07. The Bertz CT molecular complexity index is 631. The molecule has 1 amide bonds. The van der Waals surface area contributed by atoms with Crippen LogP contribution in [0.15, 0.2) is 28.6 Å². The molecule has 8 heteroatoms. The van der Waals surface area contributed by atoms with Crippen molar-refractivity contribution in [1.29, 1.82) is 0 Å². The molecule has 0 radical (unpaired) electrons. The van der Waals surface area contributed by atoms with Crippen molar-refractivity contribution < 1.29 is 9.53 Å². The van der Waals surface area contributed by atoms with Crippen LogP contribution in [0.4, 0.5) is 5.13 Å². The predicted octanol–water partition coefficient (Wildman–Crippen LogP) is 2.82. The second-order valence-corrected chi connectivity index (χ2v) is 7.24. The number of carbonyl (C=O) groups excluding carboxylic acids is 1. The molecule has 0 saturated heterocycles. The lowest BCUT2D eigenvalue weighted by atomic mass is 10.1. The summed E-state index contributed by atoms with van der Waals surface area (Å²) in [6.45, 7) is 3.59. The predicted molar refractivity (Wildman–Crippen MR) is 99.1 cm³/mol. The molecular formula is C16H22N4O2S2. The number of ether oxygens (including phenoxy) is 1. The average Bonchev–Trinajstić information content (AvgIpc) is 3.06. The van der Waals surface area contributed by atoms with Gasteiger partial charge in [-0.3, -0.25) is 4.79 Å². The summed E-state index contributed by atoms with van der Waals surface area (Å²) in [4.78, 5) is 11.9. The van der Waals surface area contributed by atoms with Crippen LogP contribution >= 0.6 is 23.1 Å². The Labute approximate surface area is 150 Å². The summed E-state index contributed by atoms with van der Waals surface area (Å²) in [5.41, 5.74) is 1.17. The number of aromatic nitrogens is 2. The highest BCUT2D eigenvalue weighted by Crippen LogP contribution is 2.25. The molecule has 2 N–H and O–H groups in total. The molecule has 6 nitrogen and oxygen atoms in total. The Morgan fingerprint density at radius 2 is 2.04 bits per heavy atom. The summed E-state index contributed by atoms with van der Waals surface area (Å²) in [5, 5.41) is 15.0. The number of nitrogens with one attached hydrogen (secondary N) is 2. The normalized spacial score (nSPS) is 10.4. The van der Waals surface area contributed by atoms with Gasteiger partial charge in [0.2, 0.25) is 11.0 Å². The number of thioether (sulfide) groups is 1. The highest BCUT2D eigenvalue weighted by atomic mass is 32.2. The smallest absolute Gasteiger partial charge is 0.230 e. The molecule has 24 heavy (non-hydrogen) atoms. The molecule has 1 aromatic heterocycles. The van der Waals surface area contributed by atoms with Gasteiger partial charge >= 0.3 is 0 Å². The lowest BCUT2D eigenvalue weighted by Crippen LogP contribution is -2.27. The first-order valence-electron chi connectivity index (χ1n) is 7.81. The second-order valence-electron chi connectivity index (χ2n) is 5.04. The van der Waals surface area contributed by atoms with E-state index in [0.29, 0.717) is 12.3 Å². The first-order valence-corrected chi connectivity index (χ1v) is 9.61. The fourth-order valence-electron chi connectivity index (χ4n) is 1.89. The summed E-state index contributed by atoms with van der Waals surface area (Å²) in [6, 6.07) is 7.86. The molecule has 0 bridgehead atoms. The Balaban J connectivity index is 1.64. The van der Waals surface area contributed by atoms with E-state index in [1.54, 1.807) is 7.11 Å². The molecule has 0 fully saturated rings. The van der Waals surface area contributed by atoms with Crippen LogP contribution in [0, 0.1) is 0 Å². The molecule has 0 aliphatic carbocycles. The van der Waals surface area contributed by atoms with E-state index in [0.717, 1.165) is 34.6 Å². The zero-order valence-corrected chi connectivity index (χ0v) is 15.5. The van der Waals surface area contributed by atoms with Crippen LogP contribution in [0.3, 0.4) is 0 Å². The molecule has 0 aliphatic heterocycles. The minimum Gasteiger partial charge on any atom is -0.497 e. The van der Waals surface area contributed by atoms with Crippen molar-refractivity contribution in [2.75, 3.05) is 31.3 Å². The van der Waals surface area contributed by atoms with Gasteiger partial charge in [-0.05, 0) is 30.5 Å². The van der Waals surface area contributed by atoms with Crippen LogP contribution in [0.2, 0.25) is 0 Å². The fraction of sp³-hybridized carbons (Fsp3) is 0.438. The van der Waals surface area contributed by atoms with E-state index in [2.05, 4.69) is 27.8 Å². The lowest BCUT2D eigenvalue weighted by Gasteiger charge is -2.05. The summed E-state index contributed by atoms with van der Waals surface area (Å²) in [7, 11) is 1.65. The topological polar surface area (TPSA) is 76.1 Å². The SMILES string of the molecule is CCCNc1nnc(SCC(=O)NCCc2ccc(OC)cc2)s1. The first-order chi connectivity index (χ1) is 11.7. The summed E-state index contributed by atoms with van der Waals surface area (Å²) in [5.74, 6) is 1.20. The Morgan fingerprint density at radius 3 is 2.75 bits per heavy atom. The van der Waals surface area contributed by atoms with Gasteiger partial charge in [-0.15, -0.1) is 10.2 Å². The average molecular weight is 367 g/mol. The highest BCUT2D eigenvalue weighted by molar-refractivity contribution is 8.01. The van der Waals surface area contributed by atoms with Gasteiger partial charge in [-0.1, -0.05) is 42.2 Å². The Kier molecular flexibility index (Phi) is 7.84. The van der Waals surface area contributed by atoms with Gasteiger partial charge in [0, 0.05) is 13.1 Å². The molecule has 2 aromatic rings. The number of hydrogen-bond acceptors (Lipinski definition) is 7. The van der Waals surface area contributed by atoms with Crippen molar-refractivity contribution in [3.8, 4) is 5.75 Å². The van der Waals surface area contributed by atoms with Crippen LogP contribution < -0.4 is 15.4 Å². The molecule has 1 aromatic carbocycles. The molecule has 0 unspecified atom stereocenters.